The molecule has 0 unspecified atom stereocenters. The van der Waals surface area contributed by atoms with Crippen molar-refractivity contribution in [3.63, 3.8) is 0 Å². The molecule has 0 fully saturated rings. The summed E-state index contributed by atoms with van der Waals surface area (Å²) in [4.78, 5) is 2.31. The molecule has 0 saturated heterocycles. The summed E-state index contributed by atoms with van der Waals surface area (Å²) in [6.45, 7) is 9.48. The Kier molecular flexibility index (Phi) is 4.81. The van der Waals surface area contributed by atoms with E-state index < -0.39 is 0 Å². The summed E-state index contributed by atoms with van der Waals surface area (Å²) in [6.07, 6.45) is 0.399. The molecule has 1 aromatic rings. The second-order valence-corrected chi connectivity index (χ2v) is 4.36. The molecule has 2 heteroatoms. The van der Waals surface area contributed by atoms with E-state index in [-0.39, 0.29) is 6.10 Å². The van der Waals surface area contributed by atoms with Gasteiger partial charge in [0.15, 0.2) is 0 Å². The van der Waals surface area contributed by atoms with E-state index in [1.165, 1.54) is 0 Å². The smallest absolute Gasteiger partial charge is 0.0807 e. The van der Waals surface area contributed by atoms with Crippen molar-refractivity contribution < 1.29 is 5.11 Å². The van der Waals surface area contributed by atoms with Crippen LogP contribution in [0.1, 0.15) is 45.8 Å². The van der Waals surface area contributed by atoms with E-state index >= 15 is 0 Å². The van der Waals surface area contributed by atoms with Crippen LogP contribution in [0.25, 0.3) is 0 Å². The Morgan fingerprint density at radius 2 is 1.81 bits per heavy atom. The van der Waals surface area contributed by atoms with Crippen LogP contribution < -0.4 is 4.90 Å². The third kappa shape index (κ3) is 2.76. The van der Waals surface area contributed by atoms with Gasteiger partial charge in [-0.2, -0.15) is 0 Å². The van der Waals surface area contributed by atoms with Gasteiger partial charge in [-0.1, -0.05) is 25.1 Å². The van der Waals surface area contributed by atoms with Gasteiger partial charge in [0, 0.05) is 23.8 Å². The minimum Gasteiger partial charge on any atom is -0.388 e. The van der Waals surface area contributed by atoms with Crippen molar-refractivity contribution in [2.75, 3.05) is 11.4 Å². The molecular formula is C14H23NO. The summed E-state index contributed by atoms with van der Waals surface area (Å²) >= 11 is 0. The van der Waals surface area contributed by atoms with E-state index in [1.54, 1.807) is 0 Å². The lowest BCUT2D eigenvalue weighted by atomic mass is 10.0. The molecule has 1 N–H and O–H groups in total. The van der Waals surface area contributed by atoms with Crippen molar-refractivity contribution in [2.24, 2.45) is 0 Å². The van der Waals surface area contributed by atoms with Crippen LogP contribution in [0, 0.1) is 0 Å². The Morgan fingerprint density at radius 3 is 2.31 bits per heavy atom. The molecule has 2 nitrogen and oxygen atoms in total. The van der Waals surface area contributed by atoms with E-state index in [4.69, 9.17) is 0 Å². The van der Waals surface area contributed by atoms with Crippen LogP contribution in [0.2, 0.25) is 0 Å². The summed E-state index contributed by atoms with van der Waals surface area (Å²) in [7, 11) is 0. The first-order chi connectivity index (χ1) is 7.61. The average Bonchev–Trinajstić information content (AvgIpc) is 2.29. The van der Waals surface area contributed by atoms with Gasteiger partial charge in [0.2, 0.25) is 0 Å². The molecule has 0 saturated carbocycles. The van der Waals surface area contributed by atoms with Crippen molar-refractivity contribution in [1.82, 2.24) is 0 Å². The van der Waals surface area contributed by atoms with E-state index in [2.05, 4.69) is 31.7 Å². The quantitative estimate of drug-likeness (QED) is 0.824. The largest absolute Gasteiger partial charge is 0.388 e. The van der Waals surface area contributed by atoms with E-state index in [0.717, 1.165) is 24.2 Å². The fourth-order valence-corrected chi connectivity index (χ4v) is 2.06. The third-order valence-corrected chi connectivity index (χ3v) is 2.96. The third-order valence-electron chi connectivity index (χ3n) is 2.96. The molecule has 0 aliphatic carbocycles. The predicted molar refractivity (Wildman–Crippen MR) is 69.8 cm³/mol. The molecule has 0 amide bonds. The molecule has 1 atom stereocenters. The van der Waals surface area contributed by atoms with Gasteiger partial charge < -0.3 is 10.0 Å². The molecule has 16 heavy (non-hydrogen) atoms. The topological polar surface area (TPSA) is 23.5 Å². The average molecular weight is 221 g/mol. The maximum atomic E-state index is 10.0. The molecule has 90 valence electrons. The van der Waals surface area contributed by atoms with Crippen LogP contribution in [0.15, 0.2) is 24.3 Å². The van der Waals surface area contributed by atoms with Gasteiger partial charge >= 0.3 is 0 Å². The van der Waals surface area contributed by atoms with Gasteiger partial charge in [0.25, 0.3) is 0 Å². The first-order valence-electron chi connectivity index (χ1n) is 6.15. The van der Waals surface area contributed by atoms with Gasteiger partial charge in [0.1, 0.15) is 0 Å². The van der Waals surface area contributed by atoms with Gasteiger partial charge in [-0.05, 0) is 33.3 Å². The zero-order chi connectivity index (χ0) is 12.1. The number of hydrogen-bond acceptors (Lipinski definition) is 2. The lowest BCUT2D eigenvalue weighted by molar-refractivity contribution is 0.174. The first-order valence-corrected chi connectivity index (χ1v) is 6.15. The fourth-order valence-electron chi connectivity index (χ4n) is 2.06. The molecule has 0 heterocycles. The van der Waals surface area contributed by atoms with Crippen molar-refractivity contribution in [3.05, 3.63) is 29.8 Å². The maximum Gasteiger partial charge on any atom is 0.0807 e. The zero-order valence-corrected chi connectivity index (χ0v) is 10.8. The molecule has 1 rings (SSSR count). The Labute approximate surface area is 98.9 Å². The number of rotatable bonds is 5. The summed E-state index contributed by atoms with van der Waals surface area (Å²) < 4.78 is 0. The number of anilines is 1. The minimum atomic E-state index is -0.357. The summed E-state index contributed by atoms with van der Waals surface area (Å²) in [5.41, 5.74) is 2.20. The lowest BCUT2D eigenvalue weighted by Gasteiger charge is -2.30. The second-order valence-electron chi connectivity index (χ2n) is 4.36. The van der Waals surface area contributed by atoms with Gasteiger partial charge in [-0.15, -0.1) is 0 Å². The summed E-state index contributed by atoms with van der Waals surface area (Å²) in [5.74, 6) is 0. The SMILES string of the molecule is CC[C@@H](O)c1ccccc1N(CC)C(C)C. The first kappa shape index (κ1) is 13.0. The monoisotopic (exact) mass is 221 g/mol. The molecule has 0 aliphatic rings. The van der Waals surface area contributed by atoms with Crippen molar-refractivity contribution >= 4 is 5.69 Å². The maximum absolute atomic E-state index is 10.0. The van der Waals surface area contributed by atoms with Crippen molar-refractivity contribution in [1.29, 1.82) is 0 Å². The highest BCUT2D eigenvalue weighted by Crippen LogP contribution is 2.29. The Bertz CT molecular complexity index is 322. The van der Waals surface area contributed by atoms with Gasteiger partial charge in [-0.25, -0.2) is 0 Å². The van der Waals surface area contributed by atoms with Crippen LogP contribution >= 0.6 is 0 Å². The number of para-hydroxylation sites is 1. The van der Waals surface area contributed by atoms with E-state index in [0.29, 0.717) is 6.04 Å². The van der Waals surface area contributed by atoms with Crippen LogP contribution in [-0.2, 0) is 0 Å². The Morgan fingerprint density at radius 1 is 1.19 bits per heavy atom. The zero-order valence-electron chi connectivity index (χ0n) is 10.8. The van der Waals surface area contributed by atoms with Crippen LogP contribution in [0.4, 0.5) is 5.69 Å². The molecule has 0 aliphatic heterocycles. The molecule has 0 bridgehead atoms. The highest BCUT2D eigenvalue weighted by atomic mass is 16.3. The second kappa shape index (κ2) is 5.90. The number of hydrogen-bond donors (Lipinski definition) is 1. The van der Waals surface area contributed by atoms with Crippen molar-refractivity contribution in [2.45, 2.75) is 46.3 Å². The van der Waals surface area contributed by atoms with Crippen molar-refractivity contribution in [3.8, 4) is 0 Å². The van der Waals surface area contributed by atoms with E-state index in [1.807, 2.05) is 25.1 Å². The number of aliphatic hydroxyl groups excluding tert-OH is 1. The summed E-state index contributed by atoms with van der Waals surface area (Å²) in [6, 6.07) is 8.60. The number of nitrogens with zero attached hydrogens (tertiary/aromatic N) is 1. The van der Waals surface area contributed by atoms with Gasteiger partial charge in [-0.3, -0.25) is 0 Å². The standard InChI is InChI=1S/C14H23NO/c1-5-14(16)12-9-7-8-10-13(12)15(6-2)11(3)4/h7-11,14,16H,5-6H2,1-4H3/t14-/m1/s1. The normalized spacial score (nSPS) is 12.9. The van der Waals surface area contributed by atoms with Crippen LogP contribution in [0.3, 0.4) is 0 Å². The molecule has 0 radical (unpaired) electrons. The lowest BCUT2D eigenvalue weighted by Crippen LogP contribution is -2.31. The highest BCUT2D eigenvalue weighted by molar-refractivity contribution is 5.55. The molecule has 0 aromatic heterocycles. The predicted octanol–water partition coefficient (Wildman–Crippen LogP) is 3.36. The summed E-state index contributed by atoms with van der Waals surface area (Å²) in [5, 5.41) is 10.0. The number of benzene rings is 1. The van der Waals surface area contributed by atoms with Crippen LogP contribution in [-0.4, -0.2) is 17.7 Å². The molecule has 0 spiro atoms. The fraction of sp³-hybridized carbons (Fsp3) is 0.571. The Balaban J connectivity index is 3.11. The van der Waals surface area contributed by atoms with Crippen LogP contribution in [0.5, 0.6) is 0 Å². The minimum absolute atomic E-state index is 0.357. The van der Waals surface area contributed by atoms with E-state index in [9.17, 15) is 5.11 Å². The Hall–Kier alpha value is -1.02. The highest BCUT2D eigenvalue weighted by Gasteiger charge is 2.16. The molecular weight excluding hydrogens is 198 g/mol. The number of aliphatic hydroxyl groups is 1. The van der Waals surface area contributed by atoms with Gasteiger partial charge in [0.05, 0.1) is 6.10 Å². The molecule has 1 aromatic carbocycles.